The molecule has 4 aromatic rings. The average molecular weight is 499 g/mol. The summed E-state index contributed by atoms with van der Waals surface area (Å²) < 4.78 is 8.07. The van der Waals surface area contributed by atoms with E-state index >= 15 is 0 Å². The van der Waals surface area contributed by atoms with Crippen LogP contribution in [-0.4, -0.2) is 21.3 Å². The molecule has 0 unspecified atom stereocenters. The molecule has 6 heteroatoms. The zero-order chi connectivity index (χ0) is 24.7. The molecule has 1 aliphatic heterocycles. The molecule has 2 aliphatic rings. The van der Waals surface area contributed by atoms with E-state index < -0.39 is 5.60 Å². The fourth-order valence-corrected chi connectivity index (χ4v) is 6.18. The number of pyridine rings is 1. The Morgan fingerprint density at radius 1 is 1.06 bits per heavy atom. The van der Waals surface area contributed by atoms with E-state index in [1.54, 1.807) is 12.4 Å². The van der Waals surface area contributed by atoms with Gasteiger partial charge in [-0.15, -0.1) is 0 Å². The van der Waals surface area contributed by atoms with Crippen LogP contribution in [0.15, 0.2) is 73.2 Å². The van der Waals surface area contributed by atoms with Crippen LogP contribution in [0.4, 0.5) is 0 Å². The number of rotatable bonds is 4. The number of Topliss-reactive ketones (excluding diaryl/α,β-unsaturated/α-hetero) is 1. The number of fused-ring (bicyclic) bond motifs is 3. The number of hydrogen-bond acceptors (Lipinski definition) is 4. The topological polar surface area (TPSA) is 61.2 Å². The van der Waals surface area contributed by atoms with Gasteiger partial charge in [-0.1, -0.05) is 35.9 Å². The summed E-state index contributed by atoms with van der Waals surface area (Å²) in [4.78, 5) is 30.4. The van der Waals surface area contributed by atoms with Gasteiger partial charge < -0.3 is 9.30 Å². The van der Waals surface area contributed by atoms with Crippen molar-refractivity contribution in [1.29, 1.82) is 0 Å². The van der Waals surface area contributed by atoms with Crippen molar-refractivity contribution in [3.05, 3.63) is 100 Å². The van der Waals surface area contributed by atoms with E-state index in [9.17, 15) is 9.59 Å². The normalized spacial score (nSPS) is 21.7. The lowest BCUT2D eigenvalue weighted by Gasteiger charge is -2.32. The summed E-state index contributed by atoms with van der Waals surface area (Å²) in [5.41, 5.74) is 3.99. The van der Waals surface area contributed by atoms with Gasteiger partial charge in [0, 0.05) is 52.6 Å². The minimum absolute atomic E-state index is 0.0506. The number of halogens is 1. The molecule has 0 radical (unpaired) electrons. The van der Waals surface area contributed by atoms with E-state index in [1.165, 1.54) is 0 Å². The molecule has 0 bridgehead atoms. The van der Waals surface area contributed by atoms with Crippen LogP contribution in [0.5, 0.6) is 0 Å². The molecule has 0 N–H and O–H groups in total. The highest BCUT2D eigenvalue weighted by atomic mass is 35.5. The molecule has 1 fully saturated rings. The zero-order valence-electron chi connectivity index (χ0n) is 20.0. The van der Waals surface area contributed by atoms with Gasteiger partial charge in [-0.3, -0.25) is 9.78 Å². The quantitative estimate of drug-likeness (QED) is 0.225. The first-order valence-corrected chi connectivity index (χ1v) is 13.0. The number of carbonyl (C=O) groups excluding carboxylic acids is 2. The highest BCUT2D eigenvalue weighted by Gasteiger charge is 2.45. The van der Waals surface area contributed by atoms with Gasteiger partial charge in [0.1, 0.15) is 5.60 Å². The van der Waals surface area contributed by atoms with E-state index in [0.717, 1.165) is 66.1 Å². The van der Waals surface area contributed by atoms with E-state index in [0.29, 0.717) is 17.1 Å². The van der Waals surface area contributed by atoms with Gasteiger partial charge in [0.15, 0.2) is 5.78 Å². The van der Waals surface area contributed by atoms with Crippen molar-refractivity contribution < 1.29 is 14.3 Å². The van der Waals surface area contributed by atoms with Crippen molar-refractivity contribution >= 4 is 34.3 Å². The highest BCUT2D eigenvalue weighted by molar-refractivity contribution is 6.31. The molecule has 2 aromatic heterocycles. The lowest BCUT2D eigenvalue weighted by atomic mass is 9.77. The summed E-state index contributed by atoms with van der Waals surface area (Å²) in [6.45, 7) is 0.643. The highest BCUT2D eigenvalue weighted by Crippen LogP contribution is 2.46. The molecular formula is C30H27ClN2O3. The van der Waals surface area contributed by atoms with E-state index in [-0.39, 0.29) is 17.7 Å². The third-order valence-electron chi connectivity index (χ3n) is 7.78. The summed E-state index contributed by atoms with van der Waals surface area (Å²) in [5, 5.41) is 1.59. The van der Waals surface area contributed by atoms with E-state index in [1.807, 2.05) is 60.8 Å². The van der Waals surface area contributed by atoms with Crippen LogP contribution in [0.3, 0.4) is 0 Å². The van der Waals surface area contributed by atoms with Crippen LogP contribution < -0.4 is 0 Å². The Labute approximate surface area is 215 Å². The summed E-state index contributed by atoms with van der Waals surface area (Å²) in [6, 6.07) is 17.4. The predicted molar refractivity (Wildman–Crippen MR) is 139 cm³/mol. The minimum Gasteiger partial charge on any atom is -0.451 e. The maximum Gasteiger partial charge on any atom is 0.339 e. The zero-order valence-corrected chi connectivity index (χ0v) is 20.7. The van der Waals surface area contributed by atoms with Crippen molar-refractivity contribution in [2.45, 2.75) is 50.7 Å². The van der Waals surface area contributed by atoms with Crippen molar-refractivity contribution in [2.24, 2.45) is 5.92 Å². The number of carbonyl (C=O) groups is 2. The fourth-order valence-electron chi connectivity index (χ4n) is 6.01. The Balaban J connectivity index is 1.25. The summed E-state index contributed by atoms with van der Waals surface area (Å²) in [6.07, 6.45) is 10.3. The standard InChI is InChI=1S/C30H27ClN2O3/c31-22-9-10-23-25(19-33(27(23)17-22)18-20-11-15-32-16-12-20)28(34)21-5-3-13-30(14-4-6-21)26-8-2-1-7-24(26)29(35)36-30/h1-2,7-12,15-17,19,21H,3-6,13-14,18H2. The molecule has 2 aromatic carbocycles. The molecule has 0 atom stereocenters. The molecule has 1 aliphatic carbocycles. The third-order valence-corrected chi connectivity index (χ3v) is 8.01. The molecule has 5 nitrogen and oxygen atoms in total. The molecule has 6 rings (SSSR count). The Bertz CT molecular complexity index is 1450. The maximum absolute atomic E-state index is 13.9. The van der Waals surface area contributed by atoms with Crippen molar-refractivity contribution in [1.82, 2.24) is 9.55 Å². The molecule has 3 heterocycles. The molecule has 182 valence electrons. The lowest BCUT2D eigenvalue weighted by molar-refractivity contribution is -0.0237. The first-order valence-electron chi connectivity index (χ1n) is 12.6. The van der Waals surface area contributed by atoms with Gasteiger partial charge in [0.25, 0.3) is 0 Å². The van der Waals surface area contributed by atoms with Crippen LogP contribution in [0.25, 0.3) is 10.9 Å². The number of ether oxygens (including phenoxy) is 1. The maximum atomic E-state index is 13.9. The molecule has 1 spiro atoms. The largest absolute Gasteiger partial charge is 0.451 e. The van der Waals surface area contributed by atoms with Gasteiger partial charge in [0.2, 0.25) is 0 Å². The second-order valence-corrected chi connectivity index (χ2v) is 10.4. The molecule has 0 amide bonds. The van der Waals surface area contributed by atoms with Gasteiger partial charge in [0.05, 0.1) is 11.1 Å². The van der Waals surface area contributed by atoms with Crippen molar-refractivity contribution in [2.75, 3.05) is 0 Å². The van der Waals surface area contributed by atoms with Gasteiger partial charge >= 0.3 is 5.97 Å². The van der Waals surface area contributed by atoms with E-state index in [2.05, 4.69) is 9.55 Å². The smallest absolute Gasteiger partial charge is 0.339 e. The van der Waals surface area contributed by atoms with E-state index in [4.69, 9.17) is 16.3 Å². The first kappa shape index (κ1) is 23.0. The Hall–Kier alpha value is -3.44. The average Bonchev–Trinajstić information content (AvgIpc) is 3.37. The lowest BCUT2D eigenvalue weighted by Crippen LogP contribution is -2.29. The summed E-state index contributed by atoms with van der Waals surface area (Å²) >= 11 is 6.33. The molecular weight excluding hydrogens is 472 g/mol. The number of hydrogen-bond donors (Lipinski definition) is 0. The van der Waals surface area contributed by atoms with Crippen molar-refractivity contribution in [3.63, 3.8) is 0 Å². The summed E-state index contributed by atoms with van der Waals surface area (Å²) in [5.74, 6) is -0.0830. The van der Waals surface area contributed by atoms with Crippen LogP contribution in [0, 0.1) is 5.92 Å². The predicted octanol–water partition coefficient (Wildman–Crippen LogP) is 6.96. The Morgan fingerprint density at radius 2 is 1.81 bits per heavy atom. The monoisotopic (exact) mass is 498 g/mol. The number of esters is 1. The number of benzene rings is 2. The van der Waals surface area contributed by atoms with Crippen molar-refractivity contribution in [3.8, 4) is 0 Å². The second-order valence-electron chi connectivity index (χ2n) is 9.96. The van der Waals surface area contributed by atoms with Crippen LogP contribution >= 0.6 is 11.6 Å². The van der Waals surface area contributed by atoms with Crippen LogP contribution in [-0.2, 0) is 16.9 Å². The number of nitrogens with zero attached hydrogens (tertiary/aromatic N) is 2. The minimum atomic E-state index is -0.543. The first-order chi connectivity index (χ1) is 17.5. The van der Waals surface area contributed by atoms with Crippen LogP contribution in [0.2, 0.25) is 5.02 Å². The Morgan fingerprint density at radius 3 is 2.58 bits per heavy atom. The number of aromatic nitrogens is 2. The van der Waals surface area contributed by atoms with Crippen LogP contribution in [0.1, 0.15) is 70.4 Å². The van der Waals surface area contributed by atoms with Gasteiger partial charge in [-0.05, 0) is 74.4 Å². The van der Waals surface area contributed by atoms with Gasteiger partial charge in [-0.2, -0.15) is 0 Å². The number of ketones is 1. The molecule has 0 saturated heterocycles. The third kappa shape index (κ3) is 4.01. The SMILES string of the molecule is O=C1OC2(CCCC(C(=O)c3cn(Cc4ccncc4)c4cc(Cl)ccc34)CCC2)c2ccccc21. The molecule has 36 heavy (non-hydrogen) atoms. The second kappa shape index (κ2) is 9.21. The Kier molecular flexibility index (Phi) is 5.88. The molecule has 1 saturated carbocycles. The van der Waals surface area contributed by atoms with Gasteiger partial charge in [-0.25, -0.2) is 4.79 Å². The summed E-state index contributed by atoms with van der Waals surface area (Å²) in [7, 11) is 0. The fraction of sp³-hybridized carbons (Fsp3) is 0.300.